The van der Waals surface area contributed by atoms with E-state index < -0.39 is 59.7 Å². The van der Waals surface area contributed by atoms with Gasteiger partial charge in [-0.05, 0) is 49.9 Å². The number of rotatable bonds is 5. The van der Waals surface area contributed by atoms with Crippen LogP contribution in [0.15, 0.2) is 54.6 Å². The molecule has 11 heteroatoms. The molecule has 4 amide bonds. The zero-order chi connectivity index (χ0) is 31.3. The van der Waals surface area contributed by atoms with Crippen molar-refractivity contribution in [2.45, 2.75) is 83.4 Å². The second-order valence-corrected chi connectivity index (χ2v) is 12.4. The van der Waals surface area contributed by atoms with Crippen LogP contribution < -0.4 is 20.7 Å². The summed E-state index contributed by atoms with van der Waals surface area (Å²) in [7, 11) is 0. The molecule has 2 aromatic rings. The first-order valence-corrected chi connectivity index (χ1v) is 14.7. The van der Waals surface area contributed by atoms with Gasteiger partial charge in [0, 0.05) is 25.9 Å². The Labute approximate surface area is 252 Å². The molecule has 0 unspecified atom stereocenters. The monoisotopic (exact) mass is 594 g/mol. The largest absolute Gasteiger partial charge is 0.488 e. The van der Waals surface area contributed by atoms with Crippen LogP contribution in [0.2, 0.25) is 0 Å². The number of aliphatic hydroxyl groups excluding tert-OH is 1. The standard InChI is InChI=1S/C32H42N4O7/c1-19(2)26(35-31(41)43-32(3,4)5)30(40)36-16-15-25-27(36)29(39)34-23(17-20-9-7-6-8-10-20)28(38)33-18-24(37)21-11-13-22(42-25)14-12-21/h6-14,19,23-27,37H,15-18H2,1-5H3,(H,33,38)(H,34,39)(H,35,41)/t23-,24+,25+,26+,27+/m1/s1. The second-order valence-electron chi connectivity index (χ2n) is 12.4. The van der Waals surface area contributed by atoms with Crippen molar-refractivity contribution in [2.75, 3.05) is 13.1 Å². The third-order valence-electron chi connectivity index (χ3n) is 7.44. The van der Waals surface area contributed by atoms with E-state index >= 15 is 0 Å². The van der Waals surface area contributed by atoms with Gasteiger partial charge >= 0.3 is 6.09 Å². The summed E-state index contributed by atoms with van der Waals surface area (Å²) in [4.78, 5) is 55.4. The lowest BCUT2D eigenvalue weighted by molar-refractivity contribution is -0.143. The van der Waals surface area contributed by atoms with Gasteiger partial charge in [0.1, 0.15) is 35.6 Å². The van der Waals surface area contributed by atoms with Crippen LogP contribution >= 0.6 is 0 Å². The lowest BCUT2D eigenvalue weighted by Crippen LogP contribution is -2.60. The molecule has 2 aromatic carbocycles. The smallest absolute Gasteiger partial charge is 0.408 e. The fourth-order valence-corrected chi connectivity index (χ4v) is 5.27. The molecule has 1 fully saturated rings. The SMILES string of the molecule is CC(C)[C@H](NC(=O)OC(C)(C)C)C(=O)N1CC[C@@H]2Oc3ccc(cc3)[C@@H](O)CNC(=O)[C@@H](Cc3ccccc3)NC(=O)[C@H]21. The van der Waals surface area contributed by atoms with Crippen molar-refractivity contribution in [1.82, 2.24) is 20.9 Å². The number of hydrogen-bond acceptors (Lipinski definition) is 7. The molecule has 5 atom stereocenters. The lowest BCUT2D eigenvalue weighted by atomic mass is 10.0. The molecule has 3 aliphatic heterocycles. The summed E-state index contributed by atoms with van der Waals surface area (Å²) in [5, 5.41) is 18.9. The van der Waals surface area contributed by atoms with Crippen molar-refractivity contribution in [3.63, 3.8) is 0 Å². The predicted molar refractivity (Wildman–Crippen MR) is 159 cm³/mol. The van der Waals surface area contributed by atoms with E-state index in [2.05, 4.69) is 16.0 Å². The molecule has 232 valence electrons. The Balaban J connectivity index is 1.66. The van der Waals surface area contributed by atoms with Gasteiger partial charge in [-0.15, -0.1) is 0 Å². The molecule has 4 N–H and O–H groups in total. The highest BCUT2D eigenvalue weighted by Crippen LogP contribution is 2.28. The topological polar surface area (TPSA) is 146 Å². The molecular weight excluding hydrogens is 552 g/mol. The van der Waals surface area contributed by atoms with Crippen molar-refractivity contribution < 1.29 is 33.8 Å². The number of ether oxygens (including phenoxy) is 2. The molecule has 0 aliphatic carbocycles. The van der Waals surface area contributed by atoms with Gasteiger partial charge in [-0.1, -0.05) is 56.3 Å². The van der Waals surface area contributed by atoms with E-state index in [0.29, 0.717) is 17.7 Å². The van der Waals surface area contributed by atoms with Gasteiger partial charge in [0.05, 0.1) is 6.10 Å². The van der Waals surface area contributed by atoms with E-state index in [9.17, 15) is 24.3 Å². The van der Waals surface area contributed by atoms with Crippen LogP contribution in [0.3, 0.4) is 0 Å². The van der Waals surface area contributed by atoms with E-state index in [0.717, 1.165) is 5.56 Å². The number of alkyl carbamates (subject to hydrolysis) is 1. The summed E-state index contributed by atoms with van der Waals surface area (Å²) in [6.07, 6.45) is -1.86. The molecule has 3 aliphatic rings. The number of amides is 4. The van der Waals surface area contributed by atoms with E-state index in [-0.39, 0.29) is 25.4 Å². The average Bonchev–Trinajstić information content (AvgIpc) is 3.36. The number of carbonyl (C=O) groups excluding carboxylic acids is 4. The normalized spacial score (nSPS) is 23.4. The molecule has 0 radical (unpaired) electrons. The number of nitrogens with zero attached hydrogens (tertiary/aromatic N) is 1. The minimum atomic E-state index is -1.08. The summed E-state index contributed by atoms with van der Waals surface area (Å²) in [5.74, 6) is -1.30. The second kappa shape index (κ2) is 13.5. The van der Waals surface area contributed by atoms with Gasteiger partial charge in [-0.3, -0.25) is 14.4 Å². The maximum absolute atomic E-state index is 14.0. The van der Waals surface area contributed by atoms with E-state index in [1.54, 1.807) is 58.9 Å². The molecule has 1 saturated heterocycles. The van der Waals surface area contributed by atoms with Gasteiger partial charge in [-0.2, -0.15) is 0 Å². The first-order chi connectivity index (χ1) is 20.3. The van der Waals surface area contributed by atoms with Gasteiger partial charge in [-0.25, -0.2) is 4.79 Å². The number of benzene rings is 2. The number of fused-ring (bicyclic) bond motifs is 8. The van der Waals surface area contributed by atoms with Crippen molar-refractivity contribution in [2.24, 2.45) is 5.92 Å². The molecule has 0 aromatic heterocycles. The Morgan fingerprint density at radius 2 is 1.74 bits per heavy atom. The van der Waals surface area contributed by atoms with E-state index in [4.69, 9.17) is 9.47 Å². The van der Waals surface area contributed by atoms with Gasteiger partial charge < -0.3 is 35.4 Å². The molecule has 2 bridgehead atoms. The third kappa shape index (κ3) is 8.25. The molecule has 3 heterocycles. The minimum absolute atomic E-state index is 0.0523. The van der Waals surface area contributed by atoms with Crippen LogP contribution in [0.25, 0.3) is 0 Å². The maximum Gasteiger partial charge on any atom is 0.408 e. The fourth-order valence-electron chi connectivity index (χ4n) is 5.27. The van der Waals surface area contributed by atoms with Crippen molar-refractivity contribution in [1.29, 1.82) is 0 Å². The predicted octanol–water partition coefficient (Wildman–Crippen LogP) is 2.47. The van der Waals surface area contributed by atoms with Gasteiger partial charge in [0.25, 0.3) is 0 Å². The van der Waals surface area contributed by atoms with Gasteiger partial charge in [0.15, 0.2) is 0 Å². The first-order valence-electron chi connectivity index (χ1n) is 14.7. The van der Waals surface area contributed by atoms with Crippen molar-refractivity contribution >= 4 is 23.8 Å². The Morgan fingerprint density at radius 3 is 2.37 bits per heavy atom. The minimum Gasteiger partial charge on any atom is -0.488 e. The van der Waals surface area contributed by atoms with Crippen LogP contribution in [-0.4, -0.2) is 76.7 Å². The number of aliphatic hydroxyl groups is 1. The summed E-state index contributed by atoms with van der Waals surface area (Å²) < 4.78 is 11.6. The number of nitrogens with one attached hydrogen (secondary N) is 3. The van der Waals surface area contributed by atoms with E-state index in [1.165, 1.54) is 4.90 Å². The molecule has 0 spiro atoms. The molecule has 5 rings (SSSR count). The fraction of sp³-hybridized carbons (Fsp3) is 0.500. The Morgan fingerprint density at radius 1 is 1.07 bits per heavy atom. The number of carbonyl (C=O) groups is 4. The Hall–Kier alpha value is -4.12. The lowest BCUT2D eigenvalue weighted by Gasteiger charge is -2.33. The maximum atomic E-state index is 14.0. The molecule has 11 nitrogen and oxygen atoms in total. The number of likely N-dealkylation sites (tertiary alicyclic amines) is 1. The Kier molecular flexibility index (Phi) is 9.95. The highest BCUT2D eigenvalue weighted by atomic mass is 16.6. The molecular formula is C32H42N4O7. The molecule has 0 saturated carbocycles. The summed E-state index contributed by atoms with van der Waals surface area (Å²) in [6, 6.07) is 13.0. The van der Waals surface area contributed by atoms with Crippen LogP contribution in [0, 0.1) is 5.92 Å². The average molecular weight is 595 g/mol. The zero-order valence-electron chi connectivity index (χ0n) is 25.3. The van der Waals surface area contributed by atoms with E-state index in [1.807, 2.05) is 30.3 Å². The van der Waals surface area contributed by atoms with Crippen molar-refractivity contribution in [3.05, 3.63) is 65.7 Å². The Bertz CT molecular complexity index is 1290. The summed E-state index contributed by atoms with van der Waals surface area (Å²) in [6.45, 7) is 8.94. The van der Waals surface area contributed by atoms with Crippen molar-refractivity contribution in [3.8, 4) is 5.75 Å². The molecule has 43 heavy (non-hydrogen) atoms. The van der Waals surface area contributed by atoms with Crippen LogP contribution in [0.4, 0.5) is 4.79 Å². The summed E-state index contributed by atoms with van der Waals surface area (Å²) >= 11 is 0. The number of hydrogen-bond donors (Lipinski definition) is 4. The highest BCUT2D eigenvalue weighted by Gasteiger charge is 2.47. The summed E-state index contributed by atoms with van der Waals surface area (Å²) in [5.41, 5.74) is 0.667. The van der Waals surface area contributed by atoms with Crippen LogP contribution in [0.1, 0.15) is 58.3 Å². The third-order valence-corrected chi connectivity index (χ3v) is 7.44. The zero-order valence-corrected chi connectivity index (χ0v) is 25.3. The highest BCUT2D eigenvalue weighted by molar-refractivity contribution is 5.95. The quantitative estimate of drug-likeness (QED) is 0.416. The first kappa shape index (κ1) is 31.8. The van der Waals surface area contributed by atoms with Crippen LogP contribution in [0.5, 0.6) is 5.75 Å². The van der Waals surface area contributed by atoms with Gasteiger partial charge in [0.2, 0.25) is 17.7 Å². The van der Waals surface area contributed by atoms with Crippen LogP contribution in [-0.2, 0) is 25.5 Å².